The highest BCUT2D eigenvalue weighted by molar-refractivity contribution is 5.91. The van der Waals surface area contributed by atoms with Crippen molar-refractivity contribution in [1.29, 1.82) is 0 Å². The normalized spacial score (nSPS) is 10.0. The van der Waals surface area contributed by atoms with Crippen molar-refractivity contribution in [2.24, 2.45) is 5.73 Å². The Morgan fingerprint density at radius 2 is 1.81 bits per heavy atom. The van der Waals surface area contributed by atoms with Gasteiger partial charge in [-0.2, -0.15) is 0 Å². The van der Waals surface area contributed by atoms with Crippen LogP contribution >= 0.6 is 0 Å². The molecule has 0 aliphatic rings. The second kappa shape index (κ2) is 4.52. The predicted molar refractivity (Wildman–Crippen MR) is 54.2 cm³/mol. The third-order valence-corrected chi connectivity index (χ3v) is 2.07. The van der Waals surface area contributed by atoms with Gasteiger partial charge < -0.3 is 21.1 Å². The number of carboxylic acid groups (broad SMARTS) is 1. The molecule has 0 aliphatic carbocycles. The van der Waals surface area contributed by atoms with E-state index in [1.165, 1.54) is 0 Å². The molecule has 0 heterocycles. The summed E-state index contributed by atoms with van der Waals surface area (Å²) in [6, 6.07) is 2.05. The fourth-order valence-electron chi connectivity index (χ4n) is 1.25. The number of carbonyl (C=O) groups excluding carboxylic acids is 1. The molecule has 6 nitrogen and oxygen atoms in total. The number of phenols is 2. The minimum Gasteiger partial charge on any atom is -0.508 e. The van der Waals surface area contributed by atoms with Gasteiger partial charge in [0.1, 0.15) is 17.1 Å². The average molecular weight is 225 g/mol. The molecule has 0 saturated heterocycles. The summed E-state index contributed by atoms with van der Waals surface area (Å²) in [6.45, 7) is 0. The first-order chi connectivity index (χ1) is 7.41. The van der Waals surface area contributed by atoms with Gasteiger partial charge in [0.15, 0.2) is 0 Å². The first-order valence-electron chi connectivity index (χ1n) is 4.48. The van der Waals surface area contributed by atoms with E-state index in [9.17, 15) is 19.8 Å². The van der Waals surface area contributed by atoms with Gasteiger partial charge in [-0.1, -0.05) is 0 Å². The standard InChI is InChI=1S/C10H11NO5/c11-9(14)2-1-5-3-8(13)6(10(15)16)4-7(5)12/h3-4,12-13H,1-2H2,(H2,11,14)(H,15,16). The van der Waals surface area contributed by atoms with E-state index >= 15 is 0 Å². The summed E-state index contributed by atoms with van der Waals surface area (Å²) in [5.74, 6) is -2.61. The summed E-state index contributed by atoms with van der Waals surface area (Å²) in [7, 11) is 0. The Morgan fingerprint density at radius 1 is 1.19 bits per heavy atom. The van der Waals surface area contributed by atoms with Crippen LogP contribution in [-0.4, -0.2) is 27.2 Å². The molecule has 0 saturated carbocycles. The van der Waals surface area contributed by atoms with Crippen LogP contribution in [0.15, 0.2) is 12.1 Å². The number of aromatic hydroxyl groups is 2. The SMILES string of the molecule is NC(=O)CCc1cc(O)c(C(=O)O)cc1O. The number of hydrogen-bond donors (Lipinski definition) is 4. The van der Waals surface area contributed by atoms with Crippen LogP contribution in [0.2, 0.25) is 0 Å². The van der Waals surface area contributed by atoms with Gasteiger partial charge in [0, 0.05) is 6.42 Å². The van der Waals surface area contributed by atoms with Crippen molar-refractivity contribution in [2.75, 3.05) is 0 Å². The van der Waals surface area contributed by atoms with Crippen molar-refractivity contribution in [3.8, 4) is 11.5 Å². The maximum Gasteiger partial charge on any atom is 0.339 e. The molecule has 1 aromatic carbocycles. The number of hydrogen-bond acceptors (Lipinski definition) is 4. The summed E-state index contributed by atoms with van der Waals surface area (Å²) in [5.41, 5.74) is 4.82. The van der Waals surface area contributed by atoms with Crippen LogP contribution < -0.4 is 5.73 Å². The lowest BCUT2D eigenvalue weighted by Crippen LogP contribution is -2.11. The van der Waals surface area contributed by atoms with Gasteiger partial charge in [-0.15, -0.1) is 0 Å². The van der Waals surface area contributed by atoms with Crippen molar-refractivity contribution in [3.63, 3.8) is 0 Å². The van der Waals surface area contributed by atoms with Crippen molar-refractivity contribution in [1.82, 2.24) is 0 Å². The number of benzene rings is 1. The maximum atomic E-state index is 10.6. The zero-order chi connectivity index (χ0) is 12.3. The van der Waals surface area contributed by atoms with E-state index in [1.54, 1.807) is 0 Å². The van der Waals surface area contributed by atoms with E-state index < -0.39 is 17.6 Å². The van der Waals surface area contributed by atoms with Gasteiger partial charge in [0.25, 0.3) is 0 Å². The molecular formula is C10H11NO5. The number of carbonyl (C=O) groups is 2. The Kier molecular flexibility index (Phi) is 3.34. The topological polar surface area (TPSA) is 121 Å². The number of carboxylic acids is 1. The molecule has 5 N–H and O–H groups in total. The second-order valence-corrected chi connectivity index (χ2v) is 3.27. The Hall–Kier alpha value is -2.24. The molecule has 1 amide bonds. The van der Waals surface area contributed by atoms with Gasteiger partial charge in [-0.25, -0.2) is 4.79 Å². The molecule has 0 unspecified atom stereocenters. The predicted octanol–water partition coefficient (Wildman–Crippen LogP) is 0.214. The molecular weight excluding hydrogens is 214 g/mol. The van der Waals surface area contributed by atoms with Gasteiger partial charge in [-0.3, -0.25) is 4.79 Å². The quantitative estimate of drug-likeness (QED) is 0.546. The first-order valence-corrected chi connectivity index (χ1v) is 4.48. The Morgan fingerprint density at radius 3 is 2.31 bits per heavy atom. The van der Waals surface area contributed by atoms with Gasteiger partial charge in [0.2, 0.25) is 5.91 Å². The number of rotatable bonds is 4. The van der Waals surface area contributed by atoms with Crippen LogP contribution in [0.5, 0.6) is 11.5 Å². The number of nitrogens with two attached hydrogens (primary N) is 1. The van der Waals surface area contributed by atoms with E-state index in [0.717, 1.165) is 12.1 Å². The highest BCUT2D eigenvalue weighted by Crippen LogP contribution is 2.28. The molecule has 1 aromatic rings. The Labute approximate surface area is 90.9 Å². The minimum atomic E-state index is -1.34. The van der Waals surface area contributed by atoms with Crippen molar-refractivity contribution in [3.05, 3.63) is 23.3 Å². The second-order valence-electron chi connectivity index (χ2n) is 3.27. The van der Waals surface area contributed by atoms with Crippen LogP contribution in [0.25, 0.3) is 0 Å². The summed E-state index contributed by atoms with van der Waals surface area (Å²) < 4.78 is 0. The third-order valence-electron chi connectivity index (χ3n) is 2.07. The molecule has 86 valence electrons. The van der Waals surface area contributed by atoms with Crippen LogP contribution in [-0.2, 0) is 11.2 Å². The van der Waals surface area contributed by atoms with Crippen LogP contribution in [0.1, 0.15) is 22.3 Å². The molecule has 16 heavy (non-hydrogen) atoms. The monoisotopic (exact) mass is 225 g/mol. The van der Waals surface area contributed by atoms with E-state index in [4.69, 9.17) is 10.8 Å². The fourth-order valence-corrected chi connectivity index (χ4v) is 1.25. The van der Waals surface area contributed by atoms with E-state index in [1.807, 2.05) is 0 Å². The lowest BCUT2D eigenvalue weighted by Gasteiger charge is -2.06. The van der Waals surface area contributed by atoms with Crippen molar-refractivity contribution in [2.45, 2.75) is 12.8 Å². The summed E-state index contributed by atoms with van der Waals surface area (Å²) in [5, 5.41) is 27.4. The van der Waals surface area contributed by atoms with E-state index in [-0.39, 0.29) is 29.7 Å². The highest BCUT2D eigenvalue weighted by atomic mass is 16.4. The lowest BCUT2D eigenvalue weighted by molar-refractivity contribution is -0.117. The van der Waals surface area contributed by atoms with Gasteiger partial charge in [0.05, 0.1) is 0 Å². The largest absolute Gasteiger partial charge is 0.508 e. The van der Waals surface area contributed by atoms with Gasteiger partial charge in [-0.05, 0) is 24.1 Å². The molecule has 0 fully saturated rings. The summed E-state index contributed by atoms with van der Waals surface area (Å²) in [6.07, 6.45) is 0.161. The molecule has 0 aliphatic heterocycles. The molecule has 0 aromatic heterocycles. The zero-order valence-corrected chi connectivity index (χ0v) is 8.30. The minimum absolute atomic E-state index is 0.0133. The van der Waals surface area contributed by atoms with Crippen LogP contribution in [0.4, 0.5) is 0 Å². The number of amides is 1. The smallest absolute Gasteiger partial charge is 0.339 e. The molecule has 0 radical (unpaired) electrons. The zero-order valence-electron chi connectivity index (χ0n) is 8.30. The number of aromatic carboxylic acids is 1. The lowest BCUT2D eigenvalue weighted by atomic mass is 10.0. The van der Waals surface area contributed by atoms with Crippen molar-refractivity contribution < 1.29 is 24.9 Å². The highest BCUT2D eigenvalue weighted by Gasteiger charge is 2.14. The number of primary amides is 1. The molecule has 1 rings (SSSR count). The number of phenolic OH excluding ortho intramolecular Hbond substituents is 1. The molecule has 0 bridgehead atoms. The Balaban J connectivity index is 3.01. The van der Waals surface area contributed by atoms with Crippen molar-refractivity contribution >= 4 is 11.9 Å². The fraction of sp³-hybridized carbons (Fsp3) is 0.200. The Bertz CT molecular complexity index is 441. The molecule has 0 spiro atoms. The average Bonchev–Trinajstić information content (AvgIpc) is 2.18. The first kappa shape index (κ1) is 11.8. The van der Waals surface area contributed by atoms with Crippen LogP contribution in [0, 0.1) is 0 Å². The summed E-state index contributed by atoms with van der Waals surface area (Å²) >= 11 is 0. The third kappa shape index (κ3) is 2.63. The van der Waals surface area contributed by atoms with E-state index in [0.29, 0.717) is 0 Å². The van der Waals surface area contributed by atoms with E-state index in [2.05, 4.69) is 0 Å². The summed E-state index contributed by atoms with van der Waals surface area (Å²) in [4.78, 5) is 21.1. The number of aryl methyl sites for hydroxylation is 1. The van der Waals surface area contributed by atoms with Gasteiger partial charge >= 0.3 is 5.97 Å². The molecule has 6 heteroatoms. The van der Waals surface area contributed by atoms with Crippen LogP contribution in [0.3, 0.4) is 0 Å². The maximum absolute atomic E-state index is 10.6. The molecule has 0 atom stereocenters.